The Hall–Kier alpha value is -2.36. The number of methoxy groups -OCH3 is 1. The van der Waals surface area contributed by atoms with Crippen molar-refractivity contribution < 1.29 is 9.84 Å². The Labute approximate surface area is 113 Å². The van der Waals surface area contributed by atoms with Crippen LogP contribution in [-0.2, 0) is 6.54 Å². The number of phenolic OH excluding ortho intramolecular Hbond substituents is 1. The van der Waals surface area contributed by atoms with Gasteiger partial charge in [-0.2, -0.15) is 0 Å². The van der Waals surface area contributed by atoms with E-state index in [2.05, 4.69) is 4.90 Å². The topological polar surface area (TPSA) is 58.7 Å². The van der Waals surface area contributed by atoms with Crippen LogP contribution in [0.1, 0.15) is 5.56 Å². The van der Waals surface area contributed by atoms with E-state index in [1.54, 1.807) is 19.2 Å². The molecule has 0 fully saturated rings. The number of hydrogen-bond acceptors (Lipinski definition) is 4. The number of benzene rings is 2. The highest BCUT2D eigenvalue weighted by Gasteiger charge is 2.05. The van der Waals surface area contributed by atoms with Gasteiger partial charge < -0.3 is 20.5 Å². The molecule has 0 amide bonds. The molecule has 4 nitrogen and oxygen atoms in total. The molecule has 0 aliphatic rings. The zero-order valence-electron chi connectivity index (χ0n) is 11.1. The summed E-state index contributed by atoms with van der Waals surface area (Å²) in [4.78, 5) is 2.09. The second-order valence-corrected chi connectivity index (χ2v) is 4.45. The summed E-state index contributed by atoms with van der Waals surface area (Å²) in [7, 11) is 3.65. The van der Waals surface area contributed by atoms with Gasteiger partial charge in [-0.3, -0.25) is 0 Å². The average molecular weight is 258 g/mol. The number of rotatable bonds is 4. The molecular formula is C15H18N2O2. The number of anilines is 2. The van der Waals surface area contributed by atoms with Gasteiger partial charge in [0.2, 0.25) is 0 Å². The second kappa shape index (κ2) is 5.52. The van der Waals surface area contributed by atoms with E-state index in [1.807, 2.05) is 37.4 Å². The number of ether oxygens (including phenoxy) is 1. The van der Waals surface area contributed by atoms with Gasteiger partial charge in [-0.15, -0.1) is 0 Å². The monoisotopic (exact) mass is 258 g/mol. The molecule has 0 spiro atoms. The fourth-order valence-corrected chi connectivity index (χ4v) is 1.92. The van der Waals surface area contributed by atoms with E-state index in [0.29, 0.717) is 12.2 Å². The van der Waals surface area contributed by atoms with E-state index in [-0.39, 0.29) is 5.75 Å². The predicted octanol–water partition coefficient (Wildman–Crippen LogP) is 2.62. The van der Waals surface area contributed by atoms with Crippen molar-refractivity contribution in [2.24, 2.45) is 0 Å². The first kappa shape index (κ1) is 13.1. The minimum absolute atomic E-state index is 0.118. The smallest absolute Gasteiger partial charge is 0.138 e. The summed E-state index contributed by atoms with van der Waals surface area (Å²) in [6, 6.07) is 13.1. The van der Waals surface area contributed by atoms with Crippen molar-refractivity contribution in [3.05, 3.63) is 48.0 Å². The molecule has 0 aliphatic heterocycles. The lowest BCUT2D eigenvalue weighted by Gasteiger charge is -2.20. The van der Waals surface area contributed by atoms with E-state index in [0.717, 1.165) is 17.0 Å². The first-order valence-electron chi connectivity index (χ1n) is 6.02. The molecular weight excluding hydrogens is 240 g/mol. The number of nitrogens with two attached hydrogens (primary N) is 1. The predicted molar refractivity (Wildman–Crippen MR) is 77.6 cm³/mol. The highest BCUT2D eigenvalue weighted by molar-refractivity contribution is 5.55. The number of aromatic hydroxyl groups is 1. The van der Waals surface area contributed by atoms with Crippen molar-refractivity contribution in [1.29, 1.82) is 0 Å². The minimum Gasteiger partial charge on any atom is -0.506 e. The average Bonchev–Trinajstić information content (AvgIpc) is 2.43. The molecule has 0 radical (unpaired) electrons. The SMILES string of the molecule is COc1cccc(N(C)Cc2ccc(O)c(N)c2)c1. The quantitative estimate of drug-likeness (QED) is 0.654. The van der Waals surface area contributed by atoms with Gasteiger partial charge >= 0.3 is 0 Å². The molecule has 0 aliphatic carbocycles. The van der Waals surface area contributed by atoms with Crippen molar-refractivity contribution in [3.63, 3.8) is 0 Å². The largest absolute Gasteiger partial charge is 0.506 e. The van der Waals surface area contributed by atoms with Gasteiger partial charge in [0, 0.05) is 25.3 Å². The van der Waals surface area contributed by atoms with E-state index >= 15 is 0 Å². The van der Waals surface area contributed by atoms with Gasteiger partial charge in [0.15, 0.2) is 0 Å². The fraction of sp³-hybridized carbons (Fsp3) is 0.200. The molecule has 4 heteroatoms. The van der Waals surface area contributed by atoms with Crippen LogP contribution in [0.5, 0.6) is 11.5 Å². The maximum absolute atomic E-state index is 9.41. The molecule has 3 N–H and O–H groups in total. The normalized spacial score (nSPS) is 10.2. The Morgan fingerprint density at radius 3 is 2.68 bits per heavy atom. The van der Waals surface area contributed by atoms with E-state index in [4.69, 9.17) is 10.5 Å². The maximum Gasteiger partial charge on any atom is 0.138 e. The van der Waals surface area contributed by atoms with Crippen LogP contribution in [0.2, 0.25) is 0 Å². The zero-order valence-corrected chi connectivity index (χ0v) is 11.1. The summed E-state index contributed by atoms with van der Waals surface area (Å²) >= 11 is 0. The summed E-state index contributed by atoms with van der Waals surface area (Å²) in [6.45, 7) is 0.706. The van der Waals surface area contributed by atoms with Crippen LogP contribution in [0.25, 0.3) is 0 Å². The van der Waals surface area contributed by atoms with Crippen LogP contribution in [0.3, 0.4) is 0 Å². The minimum atomic E-state index is 0.118. The lowest BCUT2D eigenvalue weighted by Crippen LogP contribution is -2.16. The summed E-state index contributed by atoms with van der Waals surface area (Å²) in [5.74, 6) is 0.947. The van der Waals surface area contributed by atoms with E-state index in [1.165, 1.54) is 0 Å². The van der Waals surface area contributed by atoms with Gasteiger partial charge in [0.25, 0.3) is 0 Å². The standard InChI is InChI=1S/C15H18N2O2/c1-17(12-4-3-5-13(9-12)19-2)10-11-6-7-15(18)14(16)8-11/h3-9,18H,10,16H2,1-2H3. The summed E-state index contributed by atoms with van der Waals surface area (Å²) in [6.07, 6.45) is 0. The van der Waals surface area contributed by atoms with Gasteiger partial charge in [-0.05, 0) is 29.8 Å². The Kier molecular flexibility index (Phi) is 3.80. The molecule has 2 rings (SSSR count). The first-order valence-corrected chi connectivity index (χ1v) is 6.02. The number of nitrogen functional groups attached to an aromatic ring is 1. The lowest BCUT2D eigenvalue weighted by molar-refractivity contribution is 0.415. The molecule has 2 aromatic carbocycles. The summed E-state index contributed by atoms with van der Waals surface area (Å²) in [5, 5.41) is 9.41. The van der Waals surface area contributed by atoms with Crippen molar-refractivity contribution >= 4 is 11.4 Å². The zero-order chi connectivity index (χ0) is 13.8. The van der Waals surface area contributed by atoms with Gasteiger partial charge in [0.1, 0.15) is 11.5 Å². The molecule has 0 atom stereocenters. The van der Waals surface area contributed by atoms with Gasteiger partial charge in [0.05, 0.1) is 12.8 Å². The van der Waals surface area contributed by atoms with Gasteiger partial charge in [-0.1, -0.05) is 12.1 Å². The molecule has 0 heterocycles. The maximum atomic E-state index is 9.41. The number of hydrogen-bond donors (Lipinski definition) is 2. The Bertz CT molecular complexity index is 570. The third kappa shape index (κ3) is 3.10. The fourth-order valence-electron chi connectivity index (χ4n) is 1.92. The molecule has 100 valence electrons. The second-order valence-electron chi connectivity index (χ2n) is 4.45. The van der Waals surface area contributed by atoms with Crippen LogP contribution in [-0.4, -0.2) is 19.3 Å². The number of phenols is 1. The number of nitrogens with zero attached hydrogens (tertiary/aromatic N) is 1. The first-order chi connectivity index (χ1) is 9.10. The molecule has 2 aromatic rings. The van der Waals surface area contributed by atoms with E-state index in [9.17, 15) is 5.11 Å². The molecule has 0 aromatic heterocycles. The van der Waals surface area contributed by atoms with Gasteiger partial charge in [-0.25, -0.2) is 0 Å². The van der Waals surface area contributed by atoms with Crippen molar-refractivity contribution in [1.82, 2.24) is 0 Å². The van der Waals surface area contributed by atoms with E-state index < -0.39 is 0 Å². The molecule has 0 saturated carbocycles. The van der Waals surface area contributed by atoms with Crippen molar-refractivity contribution in [3.8, 4) is 11.5 Å². The Morgan fingerprint density at radius 2 is 2.00 bits per heavy atom. The summed E-state index contributed by atoms with van der Waals surface area (Å²) in [5.41, 5.74) is 8.20. The van der Waals surface area contributed by atoms with Crippen molar-refractivity contribution in [2.45, 2.75) is 6.54 Å². The molecule has 0 saturated heterocycles. The molecule has 19 heavy (non-hydrogen) atoms. The highest BCUT2D eigenvalue weighted by atomic mass is 16.5. The third-order valence-corrected chi connectivity index (χ3v) is 3.01. The molecule has 0 bridgehead atoms. The lowest BCUT2D eigenvalue weighted by atomic mass is 10.1. The third-order valence-electron chi connectivity index (χ3n) is 3.01. The van der Waals surface area contributed by atoms with Crippen molar-refractivity contribution in [2.75, 3.05) is 24.8 Å². The van der Waals surface area contributed by atoms with Crippen LogP contribution in [0.15, 0.2) is 42.5 Å². The van der Waals surface area contributed by atoms with Crippen LogP contribution >= 0.6 is 0 Å². The highest BCUT2D eigenvalue weighted by Crippen LogP contribution is 2.24. The van der Waals surface area contributed by atoms with Crippen LogP contribution in [0.4, 0.5) is 11.4 Å². The summed E-state index contributed by atoms with van der Waals surface area (Å²) < 4.78 is 5.21. The Balaban J connectivity index is 2.15. The van der Waals surface area contributed by atoms with Crippen LogP contribution in [0, 0.1) is 0 Å². The van der Waals surface area contributed by atoms with Crippen LogP contribution < -0.4 is 15.4 Å². The Morgan fingerprint density at radius 1 is 1.21 bits per heavy atom. The molecule has 0 unspecified atom stereocenters.